The summed E-state index contributed by atoms with van der Waals surface area (Å²) in [4.78, 5) is 17.3. The molecule has 0 saturated heterocycles. The normalized spacial score (nSPS) is 13.0. The molecule has 0 unspecified atom stereocenters. The van der Waals surface area contributed by atoms with Crippen LogP contribution in [-0.2, 0) is 4.79 Å². The molecular formula is C16H24F2N4O. The highest BCUT2D eigenvalue weighted by Crippen LogP contribution is 2.17. The molecule has 0 spiro atoms. The number of carbonyl (C=O) groups is 1. The summed E-state index contributed by atoms with van der Waals surface area (Å²) >= 11 is 0. The standard InChI is InChI=1S/C16H24F2N4O/c1-10(2)20-16(19-9-15(23)22(4)5)21-11(3)13-7-6-12(17)8-14(13)18/h6-8,10-11H,9H2,1-5H3,(H2,19,20,21)/t11-/m1/s1. The van der Waals surface area contributed by atoms with E-state index in [1.54, 1.807) is 21.0 Å². The highest BCUT2D eigenvalue weighted by Gasteiger charge is 2.14. The lowest BCUT2D eigenvalue weighted by Gasteiger charge is -2.21. The Morgan fingerprint density at radius 1 is 1.22 bits per heavy atom. The first-order valence-electron chi connectivity index (χ1n) is 7.43. The summed E-state index contributed by atoms with van der Waals surface area (Å²) in [6.07, 6.45) is 0. The average molecular weight is 326 g/mol. The Morgan fingerprint density at radius 2 is 1.87 bits per heavy atom. The van der Waals surface area contributed by atoms with Gasteiger partial charge in [-0.2, -0.15) is 0 Å². The second-order valence-electron chi connectivity index (χ2n) is 5.78. The number of carbonyl (C=O) groups excluding carboxylic acids is 1. The summed E-state index contributed by atoms with van der Waals surface area (Å²) < 4.78 is 26.8. The molecule has 0 bridgehead atoms. The molecule has 0 aromatic heterocycles. The topological polar surface area (TPSA) is 56.7 Å². The number of halogens is 2. The molecule has 0 radical (unpaired) electrons. The lowest BCUT2D eigenvalue weighted by atomic mass is 10.1. The van der Waals surface area contributed by atoms with E-state index in [0.717, 1.165) is 6.07 Å². The summed E-state index contributed by atoms with van der Waals surface area (Å²) in [6, 6.07) is 3.09. The van der Waals surface area contributed by atoms with Crippen molar-refractivity contribution in [1.82, 2.24) is 15.5 Å². The van der Waals surface area contributed by atoms with E-state index in [-0.39, 0.29) is 18.5 Å². The highest BCUT2D eigenvalue weighted by atomic mass is 19.1. The molecular weight excluding hydrogens is 302 g/mol. The van der Waals surface area contributed by atoms with Gasteiger partial charge in [0.15, 0.2) is 5.96 Å². The van der Waals surface area contributed by atoms with Gasteiger partial charge in [-0.25, -0.2) is 13.8 Å². The van der Waals surface area contributed by atoms with E-state index in [9.17, 15) is 13.6 Å². The van der Waals surface area contributed by atoms with Crippen molar-refractivity contribution in [3.63, 3.8) is 0 Å². The van der Waals surface area contributed by atoms with E-state index in [2.05, 4.69) is 15.6 Å². The van der Waals surface area contributed by atoms with Gasteiger partial charge >= 0.3 is 0 Å². The van der Waals surface area contributed by atoms with Crippen LogP contribution in [0.2, 0.25) is 0 Å². The molecule has 1 rings (SSSR count). The van der Waals surface area contributed by atoms with Gasteiger partial charge in [0.2, 0.25) is 5.91 Å². The minimum Gasteiger partial charge on any atom is -0.354 e. The summed E-state index contributed by atoms with van der Waals surface area (Å²) in [6.45, 7) is 5.57. The summed E-state index contributed by atoms with van der Waals surface area (Å²) in [5.41, 5.74) is 0.323. The molecule has 128 valence electrons. The van der Waals surface area contributed by atoms with E-state index in [4.69, 9.17) is 0 Å². The third kappa shape index (κ3) is 6.22. The fourth-order valence-electron chi connectivity index (χ4n) is 1.83. The van der Waals surface area contributed by atoms with Gasteiger partial charge in [-0.15, -0.1) is 0 Å². The molecule has 0 heterocycles. The second kappa shape index (κ2) is 8.45. The van der Waals surface area contributed by atoms with Crippen LogP contribution in [0.4, 0.5) is 8.78 Å². The van der Waals surface area contributed by atoms with E-state index < -0.39 is 17.7 Å². The average Bonchev–Trinajstić information content (AvgIpc) is 2.43. The van der Waals surface area contributed by atoms with Crippen LogP contribution < -0.4 is 10.6 Å². The van der Waals surface area contributed by atoms with Crippen LogP contribution in [0.25, 0.3) is 0 Å². The number of hydrogen-bond acceptors (Lipinski definition) is 2. The molecule has 0 saturated carbocycles. The van der Waals surface area contributed by atoms with Crippen molar-refractivity contribution < 1.29 is 13.6 Å². The molecule has 1 atom stereocenters. The molecule has 0 aliphatic heterocycles. The maximum Gasteiger partial charge on any atom is 0.243 e. The lowest BCUT2D eigenvalue weighted by Crippen LogP contribution is -2.43. The number of rotatable bonds is 5. The summed E-state index contributed by atoms with van der Waals surface area (Å²) in [5, 5.41) is 6.10. The monoisotopic (exact) mass is 326 g/mol. The Labute approximate surface area is 135 Å². The molecule has 0 aliphatic rings. The quantitative estimate of drug-likeness (QED) is 0.643. The molecule has 1 amide bonds. The first-order valence-corrected chi connectivity index (χ1v) is 7.43. The third-order valence-corrected chi connectivity index (χ3v) is 3.08. The van der Waals surface area contributed by atoms with Crippen LogP contribution in [0.5, 0.6) is 0 Å². The fourth-order valence-corrected chi connectivity index (χ4v) is 1.83. The van der Waals surface area contributed by atoms with Crippen LogP contribution in [0.1, 0.15) is 32.4 Å². The van der Waals surface area contributed by atoms with Crippen LogP contribution in [0.15, 0.2) is 23.2 Å². The van der Waals surface area contributed by atoms with Crippen LogP contribution >= 0.6 is 0 Å². The third-order valence-electron chi connectivity index (χ3n) is 3.08. The SMILES string of the molecule is CC(C)NC(=NCC(=O)N(C)C)N[C@H](C)c1ccc(F)cc1F. The number of guanidine groups is 1. The minimum absolute atomic E-state index is 0.0202. The van der Waals surface area contributed by atoms with Crippen molar-refractivity contribution >= 4 is 11.9 Å². The number of hydrogen-bond donors (Lipinski definition) is 2. The van der Waals surface area contributed by atoms with E-state index in [0.29, 0.717) is 11.5 Å². The minimum atomic E-state index is -0.627. The van der Waals surface area contributed by atoms with Crippen molar-refractivity contribution in [2.45, 2.75) is 32.9 Å². The Hall–Kier alpha value is -2.18. The van der Waals surface area contributed by atoms with Crippen molar-refractivity contribution in [2.75, 3.05) is 20.6 Å². The Balaban J connectivity index is 2.87. The van der Waals surface area contributed by atoms with E-state index in [1.807, 2.05) is 13.8 Å². The highest BCUT2D eigenvalue weighted by molar-refractivity contribution is 5.85. The first-order chi connectivity index (χ1) is 10.7. The van der Waals surface area contributed by atoms with E-state index in [1.165, 1.54) is 17.0 Å². The van der Waals surface area contributed by atoms with Crippen LogP contribution in [0, 0.1) is 11.6 Å². The number of nitrogens with one attached hydrogen (secondary N) is 2. The molecule has 0 aliphatic carbocycles. The second-order valence-corrected chi connectivity index (χ2v) is 5.78. The number of likely N-dealkylation sites (N-methyl/N-ethyl adjacent to an activating group) is 1. The zero-order valence-electron chi connectivity index (χ0n) is 14.2. The maximum atomic E-state index is 13.8. The van der Waals surface area contributed by atoms with Gasteiger partial charge in [0.1, 0.15) is 18.2 Å². The first kappa shape index (κ1) is 18.9. The summed E-state index contributed by atoms with van der Waals surface area (Å²) in [7, 11) is 3.30. The van der Waals surface area contributed by atoms with Gasteiger partial charge in [0.05, 0.1) is 6.04 Å². The number of nitrogens with zero attached hydrogens (tertiary/aromatic N) is 2. The smallest absolute Gasteiger partial charge is 0.243 e. The van der Waals surface area contributed by atoms with Gasteiger partial charge in [-0.3, -0.25) is 4.79 Å². The molecule has 23 heavy (non-hydrogen) atoms. The van der Waals surface area contributed by atoms with Gasteiger partial charge in [0, 0.05) is 31.8 Å². The Bertz CT molecular complexity index is 573. The molecule has 5 nitrogen and oxygen atoms in total. The van der Waals surface area contributed by atoms with Gasteiger partial charge in [0.25, 0.3) is 0 Å². The van der Waals surface area contributed by atoms with Gasteiger partial charge in [-0.05, 0) is 26.8 Å². The van der Waals surface area contributed by atoms with Crippen molar-refractivity contribution in [1.29, 1.82) is 0 Å². The predicted molar refractivity (Wildman–Crippen MR) is 87.2 cm³/mol. The van der Waals surface area contributed by atoms with Crippen LogP contribution in [0.3, 0.4) is 0 Å². The zero-order chi connectivity index (χ0) is 17.6. The summed E-state index contributed by atoms with van der Waals surface area (Å²) in [5.74, 6) is -0.996. The zero-order valence-corrected chi connectivity index (χ0v) is 14.2. The van der Waals surface area contributed by atoms with Crippen molar-refractivity contribution in [2.24, 2.45) is 4.99 Å². The van der Waals surface area contributed by atoms with Gasteiger partial charge < -0.3 is 15.5 Å². The molecule has 1 aromatic rings. The molecule has 1 aromatic carbocycles. The number of amides is 1. The molecule has 0 fully saturated rings. The fraction of sp³-hybridized carbons (Fsp3) is 0.500. The molecule has 2 N–H and O–H groups in total. The van der Waals surface area contributed by atoms with E-state index >= 15 is 0 Å². The Kier molecular flexibility index (Phi) is 6.93. The number of aliphatic imine (C=N–C) groups is 1. The van der Waals surface area contributed by atoms with Gasteiger partial charge in [-0.1, -0.05) is 6.07 Å². The molecule has 7 heteroatoms. The number of benzene rings is 1. The van der Waals surface area contributed by atoms with Crippen molar-refractivity contribution in [3.05, 3.63) is 35.4 Å². The Morgan fingerprint density at radius 3 is 2.39 bits per heavy atom. The predicted octanol–water partition coefficient (Wildman–Crippen LogP) is 2.06. The lowest BCUT2D eigenvalue weighted by molar-refractivity contribution is -0.127. The largest absolute Gasteiger partial charge is 0.354 e. The maximum absolute atomic E-state index is 13.8. The van der Waals surface area contributed by atoms with Crippen molar-refractivity contribution in [3.8, 4) is 0 Å². The van der Waals surface area contributed by atoms with Crippen LogP contribution in [-0.4, -0.2) is 43.4 Å².